The lowest BCUT2D eigenvalue weighted by atomic mass is 9.97. The van der Waals surface area contributed by atoms with Gasteiger partial charge in [-0.3, -0.25) is 4.79 Å². The van der Waals surface area contributed by atoms with Crippen molar-refractivity contribution >= 4 is 23.3 Å². The van der Waals surface area contributed by atoms with Gasteiger partial charge in [0.2, 0.25) is 0 Å². The van der Waals surface area contributed by atoms with Gasteiger partial charge in [0, 0.05) is 19.6 Å². The zero-order valence-corrected chi connectivity index (χ0v) is 16.7. The van der Waals surface area contributed by atoms with Crippen molar-refractivity contribution in [2.75, 3.05) is 18.9 Å². The molecule has 154 valence electrons. The van der Waals surface area contributed by atoms with Gasteiger partial charge in [-0.1, -0.05) is 0 Å². The maximum absolute atomic E-state index is 13.5. The van der Waals surface area contributed by atoms with Gasteiger partial charge in [0.25, 0.3) is 5.91 Å². The van der Waals surface area contributed by atoms with Gasteiger partial charge in [0.05, 0.1) is 24.1 Å². The SMILES string of the molecule is CC1CCCCN1C(=O)C1=NC(Nc2cncnc2)=C(C(=O)O)N(C)C1C1CC1. The van der Waals surface area contributed by atoms with E-state index in [0.717, 1.165) is 32.1 Å². The molecule has 0 radical (unpaired) electrons. The van der Waals surface area contributed by atoms with Crippen LogP contribution in [0.25, 0.3) is 0 Å². The molecule has 1 saturated heterocycles. The van der Waals surface area contributed by atoms with Crippen LogP contribution in [0.2, 0.25) is 0 Å². The fourth-order valence-corrected chi connectivity index (χ4v) is 4.24. The van der Waals surface area contributed by atoms with Gasteiger partial charge in [-0.25, -0.2) is 19.8 Å². The van der Waals surface area contributed by atoms with Crippen LogP contribution >= 0.6 is 0 Å². The smallest absolute Gasteiger partial charge is 0.356 e. The molecule has 1 aromatic heterocycles. The standard InChI is InChI=1S/C20H26N6O3/c1-12-5-3-4-8-26(12)19(27)15-16(13-6-7-13)25(2)17(20(28)29)18(24-15)23-14-9-21-11-22-10-14/h9-13,16,23H,3-8H2,1-2H3,(H,28,29). The Hall–Kier alpha value is -2.97. The predicted molar refractivity (Wildman–Crippen MR) is 107 cm³/mol. The van der Waals surface area contributed by atoms with Crippen LogP contribution in [-0.4, -0.2) is 68.1 Å². The first-order valence-electron chi connectivity index (χ1n) is 10.1. The molecular weight excluding hydrogens is 372 g/mol. The maximum Gasteiger partial charge on any atom is 0.356 e. The van der Waals surface area contributed by atoms with Crippen LogP contribution in [0.4, 0.5) is 5.69 Å². The molecule has 2 aliphatic heterocycles. The van der Waals surface area contributed by atoms with E-state index < -0.39 is 5.97 Å². The van der Waals surface area contributed by atoms with E-state index in [1.165, 1.54) is 18.7 Å². The summed E-state index contributed by atoms with van der Waals surface area (Å²) in [5, 5.41) is 12.9. The maximum atomic E-state index is 13.5. The molecule has 2 atom stereocenters. The molecule has 0 spiro atoms. The van der Waals surface area contributed by atoms with E-state index in [-0.39, 0.29) is 35.4 Å². The molecule has 1 saturated carbocycles. The number of piperidine rings is 1. The molecule has 3 heterocycles. The lowest BCUT2D eigenvalue weighted by molar-refractivity contribution is -0.135. The first-order chi connectivity index (χ1) is 14.0. The molecule has 2 N–H and O–H groups in total. The average Bonchev–Trinajstić information content (AvgIpc) is 3.53. The van der Waals surface area contributed by atoms with Gasteiger partial charge >= 0.3 is 5.97 Å². The zero-order chi connectivity index (χ0) is 20.5. The summed E-state index contributed by atoms with van der Waals surface area (Å²) in [7, 11) is 1.73. The van der Waals surface area contributed by atoms with Crippen LogP contribution < -0.4 is 5.32 Å². The minimum Gasteiger partial charge on any atom is -0.476 e. The van der Waals surface area contributed by atoms with E-state index in [1.807, 2.05) is 4.90 Å². The molecule has 0 aromatic carbocycles. The largest absolute Gasteiger partial charge is 0.476 e. The Morgan fingerprint density at radius 1 is 1.17 bits per heavy atom. The molecule has 1 aromatic rings. The van der Waals surface area contributed by atoms with Gasteiger partial charge in [0.15, 0.2) is 11.5 Å². The number of nitrogens with zero attached hydrogens (tertiary/aromatic N) is 5. The van der Waals surface area contributed by atoms with E-state index in [0.29, 0.717) is 17.9 Å². The summed E-state index contributed by atoms with van der Waals surface area (Å²) in [6, 6.07) is -0.159. The monoisotopic (exact) mass is 398 g/mol. The number of nitrogens with one attached hydrogen (secondary N) is 1. The summed E-state index contributed by atoms with van der Waals surface area (Å²) < 4.78 is 0. The number of carboxylic acids is 1. The highest BCUT2D eigenvalue weighted by Crippen LogP contribution is 2.40. The number of aromatic nitrogens is 2. The van der Waals surface area contributed by atoms with E-state index >= 15 is 0 Å². The summed E-state index contributed by atoms with van der Waals surface area (Å²) in [6.07, 6.45) is 9.49. The van der Waals surface area contributed by atoms with Crippen molar-refractivity contribution in [3.8, 4) is 0 Å². The lowest BCUT2D eigenvalue weighted by Crippen LogP contribution is -2.54. The summed E-state index contributed by atoms with van der Waals surface area (Å²) >= 11 is 0. The van der Waals surface area contributed by atoms with E-state index in [4.69, 9.17) is 0 Å². The van der Waals surface area contributed by atoms with Crippen molar-refractivity contribution in [3.05, 3.63) is 30.2 Å². The Kier molecular flexibility index (Phi) is 5.21. The van der Waals surface area contributed by atoms with Crippen LogP contribution in [0.1, 0.15) is 39.0 Å². The fraction of sp³-hybridized carbons (Fsp3) is 0.550. The Labute approximate surface area is 169 Å². The van der Waals surface area contributed by atoms with Crippen molar-refractivity contribution in [1.82, 2.24) is 19.8 Å². The topological polar surface area (TPSA) is 111 Å². The molecule has 3 aliphatic rings. The Bertz CT molecular complexity index is 864. The number of amides is 1. The molecule has 1 amide bonds. The van der Waals surface area contributed by atoms with Gasteiger partial charge in [-0.2, -0.15) is 0 Å². The highest BCUT2D eigenvalue weighted by Gasteiger charge is 2.46. The van der Waals surface area contributed by atoms with Gasteiger partial charge < -0.3 is 20.2 Å². The number of hydrogen-bond acceptors (Lipinski definition) is 7. The number of rotatable bonds is 5. The van der Waals surface area contributed by atoms with Crippen molar-refractivity contribution in [2.24, 2.45) is 10.9 Å². The van der Waals surface area contributed by atoms with Crippen molar-refractivity contribution < 1.29 is 14.7 Å². The van der Waals surface area contributed by atoms with E-state index in [1.54, 1.807) is 11.9 Å². The quantitative estimate of drug-likeness (QED) is 0.777. The molecule has 1 aliphatic carbocycles. The number of likely N-dealkylation sites (tertiary alicyclic amines) is 1. The summed E-state index contributed by atoms with van der Waals surface area (Å²) in [4.78, 5) is 41.6. The third-order valence-electron chi connectivity index (χ3n) is 5.88. The van der Waals surface area contributed by atoms with Crippen LogP contribution in [0.3, 0.4) is 0 Å². The highest BCUT2D eigenvalue weighted by atomic mass is 16.4. The van der Waals surface area contributed by atoms with Crippen molar-refractivity contribution in [3.63, 3.8) is 0 Å². The molecule has 2 unspecified atom stereocenters. The molecule has 4 rings (SSSR count). The van der Waals surface area contributed by atoms with E-state index in [2.05, 4.69) is 27.2 Å². The zero-order valence-electron chi connectivity index (χ0n) is 16.7. The van der Waals surface area contributed by atoms with E-state index in [9.17, 15) is 14.7 Å². The molecule has 9 heteroatoms. The predicted octanol–water partition coefficient (Wildman–Crippen LogP) is 1.71. The third kappa shape index (κ3) is 3.81. The van der Waals surface area contributed by atoms with Crippen molar-refractivity contribution in [1.29, 1.82) is 0 Å². The van der Waals surface area contributed by atoms with Crippen LogP contribution in [-0.2, 0) is 9.59 Å². The Morgan fingerprint density at radius 2 is 1.90 bits per heavy atom. The number of aliphatic carboxylic acids is 1. The van der Waals surface area contributed by atoms with Crippen LogP contribution in [0.5, 0.6) is 0 Å². The number of aliphatic imine (C=N–C) groups is 1. The Morgan fingerprint density at radius 3 is 2.52 bits per heavy atom. The number of likely N-dealkylation sites (N-methyl/N-ethyl adjacent to an activating group) is 1. The number of carbonyl (C=O) groups is 2. The second kappa shape index (κ2) is 7.81. The normalized spacial score (nSPS) is 25.0. The number of carbonyl (C=O) groups excluding carboxylic acids is 1. The second-order valence-corrected chi connectivity index (χ2v) is 7.99. The number of anilines is 1. The van der Waals surface area contributed by atoms with Gasteiger partial charge in [0.1, 0.15) is 12.0 Å². The van der Waals surface area contributed by atoms with Crippen LogP contribution in [0.15, 0.2) is 35.2 Å². The summed E-state index contributed by atoms with van der Waals surface area (Å²) in [6.45, 7) is 2.78. The van der Waals surface area contributed by atoms with Gasteiger partial charge in [-0.15, -0.1) is 0 Å². The lowest BCUT2D eigenvalue weighted by Gasteiger charge is -2.39. The first kappa shape index (κ1) is 19.4. The molecule has 0 bridgehead atoms. The molecule has 2 fully saturated rings. The highest BCUT2D eigenvalue weighted by molar-refractivity contribution is 6.41. The van der Waals surface area contributed by atoms with Crippen molar-refractivity contribution in [2.45, 2.75) is 51.1 Å². The second-order valence-electron chi connectivity index (χ2n) is 7.99. The summed E-state index contributed by atoms with van der Waals surface area (Å²) in [5.74, 6) is -0.786. The fourth-order valence-electron chi connectivity index (χ4n) is 4.24. The molecule has 9 nitrogen and oxygen atoms in total. The Balaban J connectivity index is 1.74. The number of hydrogen-bond donors (Lipinski definition) is 2. The first-order valence-corrected chi connectivity index (χ1v) is 10.1. The van der Waals surface area contributed by atoms with Gasteiger partial charge in [-0.05, 0) is 44.9 Å². The summed E-state index contributed by atoms with van der Waals surface area (Å²) in [5.41, 5.74) is 0.989. The average molecular weight is 398 g/mol. The number of carboxylic acid groups (broad SMARTS) is 1. The molecular formula is C20H26N6O3. The van der Waals surface area contributed by atoms with Crippen LogP contribution in [0, 0.1) is 5.92 Å². The minimum absolute atomic E-state index is 0.0500. The minimum atomic E-state index is -1.08. The molecule has 29 heavy (non-hydrogen) atoms. The third-order valence-corrected chi connectivity index (χ3v) is 5.88.